The van der Waals surface area contributed by atoms with E-state index in [1.54, 1.807) is 0 Å². The second-order valence-corrected chi connectivity index (χ2v) is 8.76. The molecule has 2 heterocycles. The molecule has 0 bridgehead atoms. The van der Waals surface area contributed by atoms with Gasteiger partial charge in [-0.1, -0.05) is 31.2 Å². The van der Waals surface area contributed by atoms with Gasteiger partial charge in [0.05, 0.1) is 15.8 Å². The zero-order valence-corrected chi connectivity index (χ0v) is 18.5. The van der Waals surface area contributed by atoms with Gasteiger partial charge in [0.15, 0.2) is 0 Å². The first-order valence-corrected chi connectivity index (χ1v) is 10.8. The molecule has 2 aromatic heterocycles. The molecule has 0 aliphatic heterocycles. The summed E-state index contributed by atoms with van der Waals surface area (Å²) < 4.78 is 39.7. The van der Waals surface area contributed by atoms with E-state index in [-0.39, 0.29) is 5.69 Å². The Morgan fingerprint density at radius 1 is 1.00 bits per heavy atom. The summed E-state index contributed by atoms with van der Waals surface area (Å²) in [6.45, 7) is 2.03. The number of nitrogens with zero attached hydrogens (tertiary/aromatic N) is 1. The van der Waals surface area contributed by atoms with E-state index in [1.165, 1.54) is 23.5 Å². The van der Waals surface area contributed by atoms with Crippen molar-refractivity contribution in [2.75, 3.05) is 19.0 Å². The first-order valence-electron chi connectivity index (χ1n) is 9.97. The summed E-state index contributed by atoms with van der Waals surface area (Å²) in [5.41, 5.74) is 3.66. The number of halogens is 3. The van der Waals surface area contributed by atoms with Crippen molar-refractivity contribution in [2.45, 2.75) is 19.5 Å². The lowest BCUT2D eigenvalue weighted by atomic mass is 10.0. The van der Waals surface area contributed by atoms with Crippen LogP contribution in [0.5, 0.6) is 0 Å². The fourth-order valence-electron chi connectivity index (χ4n) is 3.82. The number of nitrogens with one attached hydrogen (secondary N) is 1. The number of carbonyl (C=O) groups is 1. The minimum Gasteiger partial charge on any atom is -0.477 e. The van der Waals surface area contributed by atoms with Gasteiger partial charge in [0.25, 0.3) is 0 Å². The van der Waals surface area contributed by atoms with Gasteiger partial charge < -0.3 is 15.0 Å². The number of alkyl halides is 3. The van der Waals surface area contributed by atoms with Crippen LogP contribution in [-0.4, -0.2) is 30.2 Å². The lowest BCUT2D eigenvalue weighted by Gasteiger charge is -2.13. The van der Waals surface area contributed by atoms with Crippen molar-refractivity contribution in [1.82, 2.24) is 4.98 Å². The Kier molecular flexibility index (Phi) is 5.50. The highest BCUT2D eigenvalue weighted by Crippen LogP contribution is 2.45. The number of fused-ring (bicyclic) bond motifs is 1. The molecule has 0 fully saturated rings. The van der Waals surface area contributed by atoms with Gasteiger partial charge in [-0.15, -0.1) is 11.3 Å². The number of thiophene rings is 1. The number of carboxylic acids is 1. The second kappa shape index (κ2) is 8.02. The maximum absolute atomic E-state index is 13.0. The molecule has 32 heavy (non-hydrogen) atoms. The molecule has 0 amide bonds. The van der Waals surface area contributed by atoms with E-state index in [0.717, 1.165) is 44.9 Å². The molecule has 2 aromatic carbocycles. The molecule has 8 heteroatoms. The van der Waals surface area contributed by atoms with Crippen molar-refractivity contribution < 1.29 is 23.1 Å². The van der Waals surface area contributed by atoms with E-state index in [9.17, 15) is 23.1 Å². The van der Waals surface area contributed by atoms with Crippen LogP contribution in [-0.2, 0) is 12.6 Å². The summed E-state index contributed by atoms with van der Waals surface area (Å²) in [4.78, 5) is 18.1. The lowest BCUT2D eigenvalue weighted by Crippen LogP contribution is -2.07. The summed E-state index contributed by atoms with van der Waals surface area (Å²) in [5.74, 6) is -1.16. The number of anilines is 1. The zero-order chi connectivity index (χ0) is 23.2. The maximum Gasteiger partial charge on any atom is 0.416 e. The Morgan fingerprint density at radius 3 is 2.06 bits per heavy atom. The molecule has 2 N–H and O–H groups in total. The Labute approximate surface area is 186 Å². The number of carboxylic acid groups (broad SMARTS) is 1. The van der Waals surface area contributed by atoms with Crippen LogP contribution >= 0.6 is 11.3 Å². The third-order valence-electron chi connectivity index (χ3n) is 5.42. The Balaban J connectivity index is 1.93. The molecule has 0 radical (unpaired) electrons. The van der Waals surface area contributed by atoms with E-state index < -0.39 is 17.7 Å². The third-order valence-corrected chi connectivity index (χ3v) is 6.77. The molecule has 0 spiro atoms. The Morgan fingerprint density at radius 2 is 1.56 bits per heavy atom. The summed E-state index contributed by atoms with van der Waals surface area (Å²) in [7, 11) is 3.91. The van der Waals surface area contributed by atoms with E-state index in [1.807, 2.05) is 50.2 Å². The van der Waals surface area contributed by atoms with Crippen LogP contribution in [0, 0.1) is 0 Å². The van der Waals surface area contributed by atoms with Gasteiger partial charge in [0.2, 0.25) is 0 Å². The molecule has 0 unspecified atom stereocenters. The highest BCUT2D eigenvalue weighted by atomic mass is 32.1. The number of benzene rings is 2. The molecule has 4 nitrogen and oxygen atoms in total. The maximum atomic E-state index is 13.0. The van der Waals surface area contributed by atoms with Gasteiger partial charge >= 0.3 is 12.1 Å². The summed E-state index contributed by atoms with van der Waals surface area (Å²) in [6, 6.07) is 12.6. The average Bonchev–Trinajstić information content (AvgIpc) is 3.29. The highest BCUT2D eigenvalue weighted by Gasteiger charge is 2.31. The molecule has 0 aliphatic rings. The van der Waals surface area contributed by atoms with Crippen LogP contribution in [0.2, 0.25) is 0 Å². The number of hydrogen-bond acceptors (Lipinski definition) is 3. The van der Waals surface area contributed by atoms with E-state index >= 15 is 0 Å². The molecular weight excluding hydrogens is 437 g/mol. The zero-order valence-electron chi connectivity index (χ0n) is 17.7. The molecule has 166 valence electrons. The molecule has 0 saturated heterocycles. The van der Waals surface area contributed by atoms with Gasteiger partial charge in [-0.05, 0) is 41.8 Å². The minimum absolute atomic E-state index is 0.0279. The van der Waals surface area contributed by atoms with Gasteiger partial charge in [-0.25, -0.2) is 4.79 Å². The summed E-state index contributed by atoms with van der Waals surface area (Å²) in [6.07, 6.45) is -3.71. The van der Waals surface area contributed by atoms with Crippen LogP contribution in [0.4, 0.5) is 18.9 Å². The largest absolute Gasteiger partial charge is 0.477 e. The van der Waals surface area contributed by atoms with Crippen LogP contribution in [0.1, 0.15) is 27.9 Å². The molecule has 4 aromatic rings. The average molecular weight is 459 g/mol. The van der Waals surface area contributed by atoms with Crippen molar-refractivity contribution in [1.29, 1.82) is 0 Å². The SMILES string of the molecule is CCc1sc2c(-c3ccc(C(F)(F)F)cc3)c(C(=O)O)[nH]c2c1-c1ccc(N(C)C)cc1. The third kappa shape index (κ3) is 3.75. The van der Waals surface area contributed by atoms with Crippen molar-refractivity contribution >= 4 is 33.2 Å². The first kappa shape index (κ1) is 22.0. The van der Waals surface area contributed by atoms with E-state index in [2.05, 4.69) is 4.98 Å². The quantitative estimate of drug-likeness (QED) is 0.342. The van der Waals surface area contributed by atoms with E-state index in [4.69, 9.17) is 0 Å². The predicted molar refractivity (Wildman–Crippen MR) is 123 cm³/mol. The van der Waals surface area contributed by atoms with Crippen LogP contribution in [0.15, 0.2) is 48.5 Å². The lowest BCUT2D eigenvalue weighted by molar-refractivity contribution is -0.137. The number of aryl methyl sites for hydroxylation is 1. The Bertz CT molecular complexity index is 1280. The predicted octanol–water partition coefficient (Wildman–Crippen LogP) is 6.91. The second-order valence-electron chi connectivity index (χ2n) is 7.65. The number of hydrogen-bond donors (Lipinski definition) is 2. The number of rotatable bonds is 5. The van der Waals surface area contributed by atoms with Crippen LogP contribution in [0.3, 0.4) is 0 Å². The number of aromatic carboxylic acids is 1. The Hall–Kier alpha value is -3.26. The topological polar surface area (TPSA) is 56.3 Å². The summed E-state index contributed by atoms with van der Waals surface area (Å²) >= 11 is 1.47. The van der Waals surface area contributed by atoms with Gasteiger partial charge in [-0.3, -0.25) is 0 Å². The van der Waals surface area contributed by atoms with E-state index in [0.29, 0.717) is 16.6 Å². The molecular formula is C24H21F3N2O2S. The van der Waals surface area contributed by atoms with Crippen molar-refractivity contribution in [3.8, 4) is 22.3 Å². The van der Waals surface area contributed by atoms with Gasteiger partial charge in [0, 0.05) is 35.8 Å². The molecule has 0 atom stereocenters. The highest BCUT2D eigenvalue weighted by molar-refractivity contribution is 7.20. The summed E-state index contributed by atoms with van der Waals surface area (Å²) in [5, 5.41) is 9.80. The normalized spacial score (nSPS) is 11.8. The van der Waals surface area contributed by atoms with Crippen molar-refractivity contribution in [3.63, 3.8) is 0 Å². The fraction of sp³-hybridized carbons (Fsp3) is 0.208. The standard InChI is InChI=1S/C24H21F3N2O2S/c1-4-17-18(13-7-11-16(12-8-13)29(2)3)20-22(32-17)19(21(28-20)23(30)31)14-5-9-15(10-6-14)24(25,26)27/h5-12,28H,4H2,1-3H3,(H,30,31). The van der Waals surface area contributed by atoms with Crippen molar-refractivity contribution in [2.24, 2.45) is 0 Å². The minimum atomic E-state index is -4.45. The van der Waals surface area contributed by atoms with Crippen LogP contribution < -0.4 is 4.90 Å². The van der Waals surface area contributed by atoms with Crippen molar-refractivity contribution in [3.05, 3.63) is 64.7 Å². The molecule has 0 saturated carbocycles. The van der Waals surface area contributed by atoms with Gasteiger partial charge in [0.1, 0.15) is 5.69 Å². The number of aromatic nitrogens is 1. The first-order chi connectivity index (χ1) is 15.1. The molecule has 0 aliphatic carbocycles. The smallest absolute Gasteiger partial charge is 0.416 e. The number of H-pyrrole nitrogens is 1. The van der Waals surface area contributed by atoms with Gasteiger partial charge in [-0.2, -0.15) is 13.2 Å². The monoisotopic (exact) mass is 458 g/mol. The fourth-order valence-corrected chi connectivity index (χ4v) is 5.11. The van der Waals surface area contributed by atoms with Crippen LogP contribution in [0.25, 0.3) is 32.5 Å². The molecule has 4 rings (SSSR count). The number of aromatic amines is 1.